The molecule has 0 saturated carbocycles. The topological polar surface area (TPSA) is 54.1 Å². The van der Waals surface area contributed by atoms with Crippen LogP contribution in [0.2, 0.25) is 0 Å². The number of hydrogen-bond donors (Lipinski definition) is 0. The lowest BCUT2D eigenvalue weighted by atomic mass is 10.0. The molecule has 2 aromatic heterocycles. The fourth-order valence-electron chi connectivity index (χ4n) is 6.73. The molecule has 0 N–H and O–H groups in total. The molecule has 6 aromatic carbocycles. The molecular formula is C46H38N4O2. The number of benzene rings is 6. The Morgan fingerprint density at radius 2 is 0.692 bits per heavy atom. The Morgan fingerprint density at radius 1 is 0.385 bits per heavy atom. The second kappa shape index (κ2) is 14.7. The Hall–Kier alpha value is -6.66. The van der Waals surface area contributed by atoms with Gasteiger partial charge in [-0.2, -0.15) is 0 Å². The molecule has 6 heteroatoms. The SMILES string of the molecule is CCOc1ccccc1-c1nc(-c2ccccc2)c(-c2ccccc2)n1-n1c(-c2ccccc2OCC)nc(-c2ccccc2)c1-c1ccccc1. The van der Waals surface area contributed by atoms with Gasteiger partial charge in [0, 0.05) is 22.3 Å². The second-order valence-electron chi connectivity index (χ2n) is 12.2. The first-order valence-corrected chi connectivity index (χ1v) is 17.7. The van der Waals surface area contributed by atoms with Crippen molar-refractivity contribution >= 4 is 0 Å². The highest BCUT2D eigenvalue weighted by atomic mass is 16.5. The van der Waals surface area contributed by atoms with Crippen LogP contribution in [-0.4, -0.2) is 32.5 Å². The van der Waals surface area contributed by atoms with E-state index in [0.29, 0.717) is 24.9 Å². The summed E-state index contributed by atoms with van der Waals surface area (Å²) in [6.45, 7) is 5.04. The van der Waals surface area contributed by atoms with Crippen molar-refractivity contribution in [1.29, 1.82) is 0 Å². The predicted molar refractivity (Wildman–Crippen MR) is 210 cm³/mol. The molecule has 0 aliphatic carbocycles. The molecule has 2 heterocycles. The van der Waals surface area contributed by atoms with E-state index in [2.05, 4.69) is 119 Å². The maximum Gasteiger partial charge on any atom is 0.164 e. The van der Waals surface area contributed by atoms with Crippen LogP contribution in [0, 0.1) is 0 Å². The molecule has 52 heavy (non-hydrogen) atoms. The van der Waals surface area contributed by atoms with Gasteiger partial charge in [0.1, 0.15) is 11.5 Å². The van der Waals surface area contributed by atoms with Gasteiger partial charge in [0.2, 0.25) is 0 Å². The zero-order valence-electron chi connectivity index (χ0n) is 29.2. The average molecular weight is 679 g/mol. The summed E-state index contributed by atoms with van der Waals surface area (Å²) in [5.74, 6) is 2.92. The van der Waals surface area contributed by atoms with Crippen molar-refractivity contribution in [2.75, 3.05) is 13.2 Å². The molecular weight excluding hydrogens is 641 g/mol. The van der Waals surface area contributed by atoms with Crippen molar-refractivity contribution in [3.63, 3.8) is 0 Å². The van der Waals surface area contributed by atoms with Crippen LogP contribution in [0.3, 0.4) is 0 Å². The molecule has 0 aliphatic rings. The molecule has 0 unspecified atom stereocenters. The third kappa shape index (κ3) is 6.05. The molecule has 8 aromatic rings. The minimum absolute atomic E-state index is 0.514. The first kappa shape index (κ1) is 32.5. The summed E-state index contributed by atoms with van der Waals surface area (Å²) in [7, 11) is 0. The second-order valence-corrected chi connectivity index (χ2v) is 12.2. The zero-order chi connectivity index (χ0) is 35.3. The van der Waals surface area contributed by atoms with Crippen LogP contribution < -0.4 is 9.47 Å². The highest BCUT2D eigenvalue weighted by Gasteiger charge is 2.31. The molecule has 0 aliphatic heterocycles. The van der Waals surface area contributed by atoms with Gasteiger partial charge in [-0.05, 0) is 38.1 Å². The van der Waals surface area contributed by atoms with Crippen LogP contribution in [0.25, 0.3) is 67.8 Å². The third-order valence-electron chi connectivity index (χ3n) is 8.95. The van der Waals surface area contributed by atoms with E-state index < -0.39 is 0 Å². The fraction of sp³-hybridized carbons (Fsp3) is 0.0870. The number of rotatable bonds is 11. The quantitative estimate of drug-likeness (QED) is 0.137. The summed E-state index contributed by atoms with van der Waals surface area (Å²) < 4.78 is 17.1. The number of imidazole rings is 2. The summed E-state index contributed by atoms with van der Waals surface area (Å²) in [5, 5.41) is 0. The zero-order valence-corrected chi connectivity index (χ0v) is 29.2. The largest absolute Gasteiger partial charge is 0.493 e. The summed E-state index contributed by atoms with van der Waals surface area (Å²) >= 11 is 0. The fourth-order valence-corrected chi connectivity index (χ4v) is 6.73. The average Bonchev–Trinajstić information content (AvgIpc) is 3.80. The van der Waals surface area contributed by atoms with Crippen molar-refractivity contribution in [2.45, 2.75) is 13.8 Å². The Labute approximate surface area is 304 Å². The van der Waals surface area contributed by atoms with Gasteiger partial charge in [0.25, 0.3) is 0 Å². The van der Waals surface area contributed by atoms with Crippen LogP contribution in [0.5, 0.6) is 11.5 Å². The van der Waals surface area contributed by atoms with Crippen LogP contribution in [0.15, 0.2) is 170 Å². The van der Waals surface area contributed by atoms with Gasteiger partial charge >= 0.3 is 0 Å². The molecule has 0 atom stereocenters. The molecule has 254 valence electrons. The van der Waals surface area contributed by atoms with Gasteiger partial charge in [-0.1, -0.05) is 146 Å². The van der Waals surface area contributed by atoms with E-state index in [1.807, 2.05) is 74.5 Å². The molecule has 0 spiro atoms. The van der Waals surface area contributed by atoms with Crippen molar-refractivity contribution in [1.82, 2.24) is 19.3 Å². The Kier molecular flexibility index (Phi) is 9.18. The van der Waals surface area contributed by atoms with E-state index in [1.54, 1.807) is 0 Å². The highest BCUT2D eigenvalue weighted by Crippen LogP contribution is 2.45. The van der Waals surface area contributed by atoms with E-state index in [4.69, 9.17) is 19.4 Å². The Bertz CT molecular complexity index is 2250. The molecule has 0 fully saturated rings. The maximum absolute atomic E-state index is 6.30. The molecule has 0 saturated heterocycles. The summed E-state index contributed by atoms with van der Waals surface area (Å²) in [6.07, 6.45) is 0. The first-order chi connectivity index (χ1) is 25.8. The molecule has 8 rings (SSSR count). The Morgan fingerprint density at radius 3 is 1.04 bits per heavy atom. The monoisotopic (exact) mass is 678 g/mol. The summed E-state index contributed by atoms with van der Waals surface area (Å²) in [6, 6.07) is 58.0. The minimum atomic E-state index is 0.514. The van der Waals surface area contributed by atoms with Gasteiger partial charge in [-0.15, -0.1) is 0 Å². The van der Waals surface area contributed by atoms with Crippen LogP contribution >= 0.6 is 0 Å². The van der Waals surface area contributed by atoms with Gasteiger partial charge in [-0.25, -0.2) is 19.3 Å². The number of hydrogen-bond acceptors (Lipinski definition) is 4. The third-order valence-corrected chi connectivity index (χ3v) is 8.95. The molecule has 6 nitrogen and oxygen atoms in total. The van der Waals surface area contributed by atoms with Gasteiger partial charge in [0.05, 0.1) is 47.1 Å². The van der Waals surface area contributed by atoms with Crippen molar-refractivity contribution in [3.8, 4) is 79.3 Å². The lowest BCUT2D eigenvalue weighted by Gasteiger charge is -2.21. The van der Waals surface area contributed by atoms with Crippen LogP contribution in [-0.2, 0) is 0 Å². The van der Waals surface area contributed by atoms with Gasteiger partial charge in [-0.3, -0.25) is 0 Å². The van der Waals surface area contributed by atoms with Crippen LogP contribution in [0.1, 0.15) is 13.8 Å². The van der Waals surface area contributed by atoms with E-state index >= 15 is 0 Å². The summed E-state index contributed by atoms with van der Waals surface area (Å²) in [5.41, 5.74) is 9.24. The lowest BCUT2D eigenvalue weighted by Crippen LogP contribution is -2.16. The van der Waals surface area contributed by atoms with E-state index in [9.17, 15) is 0 Å². The van der Waals surface area contributed by atoms with Gasteiger partial charge in [0.15, 0.2) is 11.6 Å². The van der Waals surface area contributed by atoms with E-state index in [1.165, 1.54) is 0 Å². The van der Waals surface area contributed by atoms with Crippen molar-refractivity contribution < 1.29 is 9.47 Å². The maximum atomic E-state index is 6.30. The molecule has 0 radical (unpaired) electrons. The van der Waals surface area contributed by atoms with E-state index in [-0.39, 0.29) is 0 Å². The standard InChI is InChI=1S/C46H38N4O2/c1-3-51-39-31-19-17-29-37(39)45-47-41(33-21-9-5-10-22-33)43(35-25-13-7-14-26-35)49(45)50-44(36-27-15-8-16-28-36)42(34-23-11-6-12-24-34)48-46(50)38-30-18-20-32-40(38)52-4-2/h5-32H,3-4H2,1-2H3. The van der Waals surface area contributed by atoms with Crippen LogP contribution in [0.4, 0.5) is 0 Å². The number of ether oxygens (including phenoxy) is 2. The number of aromatic nitrogens is 4. The number of para-hydroxylation sites is 2. The normalized spacial score (nSPS) is 11.0. The van der Waals surface area contributed by atoms with Gasteiger partial charge < -0.3 is 9.47 Å². The first-order valence-electron chi connectivity index (χ1n) is 17.7. The number of nitrogens with zero attached hydrogens (tertiary/aromatic N) is 4. The lowest BCUT2D eigenvalue weighted by molar-refractivity contribution is 0.340. The Balaban J connectivity index is 1.61. The van der Waals surface area contributed by atoms with Crippen molar-refractivity contribution in [3.05, 3.63) is 170 Å². The van der Waals surface area contributed by atoms with E-state index in [0.717, 1.165) is 67.7 Å². The minimum Gasteiger partial charge on any atom is -0.493 e. The molecule has 0 bridgehead atoms. The molecule has 0 amide bonds. The summed E-state index contributed by atoms with van der Waals surface area (Å²) in [4.78, 5) is 11.1. The van der Waals surface area contributed by atoms with Crippen molar-refractivity contribution in [2.24, 2.45) is 0 Å². The highest BCUT2D eigenvalue weighted by molar-refractivity contribution is 5.87. The predicted octanol–water partition coefficient (Wildman–Crippen LogP) is 11.2. The smallest absolute Gasteiger partial charge is 0.164 e.